The van der Waals surface area contributed by atoms with Gasteiger partial charge in [0.15, 0.2) is 5.69 Å². The maximum absolute atomic E-state index is 12.4. The summed E-state index contributed by atoms with van der Waals surface area (Å²) >= 11 is 0. The average molecular weight is 285 g/mol. The molecular formula is C15H19N5O. The van der Waals surface area contributed by atoms with Crippen LogP contribution < -0.4 is 10.6 Å². The molecule has 0 radical (unpaired) electrons. The van der Waals surface area contributed by atoms with Crippen LogP contribution in [0.15, 0.2) is 24.4 Å². The Kier molecular flexibility index (Phi) is 4.47. The van der Waals surface area contributed by atoms with Crippen molar-refractivity contribution in [3.05, 3.63) is 41.6 Å². The molecule has 0 bridgehead atoms. The number of pyridine rings is 1. The Morgan fingerprint density at radius 3 is 2.62 bits per heavy atom. The van der Waals surface area contributed by atoms with Gasteiger partial charge in [0.05, 0.1) is 11.9 Å². The van der Waals surface area contributed by atoms with E-state index in [-0.39, 0.29) is 11.8 Å². The van der Waals surface area contributed by atoms with Gasteiger partial charge >= 0.3 is 0 Å². The van der Waals surface area contributed by atoms with Gasteiger partial charge in [0.1, 0.15) is 11.6 Å². The molecule has 0 aliphatic heterocycles. The number of aryl methyl sites for hydroxylation is 1. The SMILES string of the molecule is CNc1cnc(C(C)C)nc1C(=O)Nc1cccc(C)n1. The van der Waals surface area contributed by atoms with Gasteiger partial charge in [0, 0.05) is 18.7 Å². The third-order valence-corrected chi connectivity index (χ3v) is 2.94. The third-order valence-electron chi connectivity index (χ3n) is 2.94. The molecule has 21 heavy (non-hydrogen) atoms. The van der Waals surface area contributed by atoms with Crippen molar-refractivity contribution in [2.75, 3.05) is 17.7 Å². The summed E-state index contributed by atoms with van der Waals surface area (Å²) in [6.45, 7) is 5.84. The van der Waals surface area contributed by atoms with Gasteiger partial charge in [-0.3, -0.25) is 4.79 Å². The number of anilines is 2. The third kappa shape index (κ3) is 3.53. The largest absolute Gasteiger partial charge is 0.385 e. The summed E-state index contributed by atoms with van der Waals surface area (Å²) in [7, 11) is 1.73. The van der Waals surface area contributed by atoms with E-state index in [4.69, 9.17) is 0 Å². The molecule has 2 N–H and O–H groups in total. The van der Waals surface area contributed by atoms with Crippen LogP contribution in [0.25, 0.3) is 0 Å². The molecule has 0 fully saturated rings. The summed E-state index contributed by atoms with van der Waals surface area (Å²) in [6, 6.07) is 5.46. The van der Waals surface area contributed by atoms with Gasteiger partial charge in [-0.15, -0.1) is 0 Å². The van der Waals surface area contributed by atoms with Crippen LogP contribution in [0.3, 0.4) is 0 Å². The van der Waals surface area contributed by atoms with Crippen molar-refractivity contribution >= 4 is 17.4 Å². The van der Waals surface area contributed by atoms with Gasteiger partial charge in [-0.1, -0.05) is 19.9 Å². The molecule has 0 atom stereocenters. The van der Waals surface area contributed by atoms with Crippen LogP contribution in [0.2, 0.25) is 0 Å². The number of amides is 1. The van der Waals surface area contributed by atoms with Gasteiger partial charge in [-0.05, 0) is 19.1 Å². The monoisotopic (exact) mass is 285 g/mol. The number of aromatic nitrogens is 3. The second-order valence-corrected chi connectivity index (χ2v) is 5.01. The lowest BCUT2D eigenvalue weighted by Gasteiger charge is -2.11. The van der Waals surface area contributed by atoms with E-state index in [1.165, 1.54) is 0 Å². The van der Waals surface area contributed by atoms with Crippen LogP contribution in [0.4, 0.5) is 11.5 Å². The first-order valence-electron chi connectivity index (χ1n) is 6.81. The number of rotatable bonds is 4. The minimum absolute atomic E-state index is 0.152. The highest BCUT2D eigenvalue weighted by Crippen LogP contribution is 2.17. The predicted octanol–water partition coefficient (Wildman–Crippen LogP) is 2.60. The zero-order valence-corrected chi connectivity index (χ0v) is 12.6. The highest BCUT2D eigenvalue weighted by molar-refractivity contribution is 6.05. The normalized spacial score (nSPS) is 10.5. The van der Waals surface area contributed by atoms with Crippen LogP contribution >= 0.6 is 0 Å². The minimum atomic E-state index is -0.304. The zero-order chi connectivity index (χ0) is 15.4. The van der Waals surface area contributed by atoms with Gasteiger partial charge in [0.25, 0.3) is 5.91 Å². The Balaban J connectivity index is 2.31. The summed E-state index contributed by atoms with van der Waals surface area (Å²) < 4.78 is 0. The van der Waals surface area contributed by atoms with E-state index in [1.54, 1.807) is 19.3 Å². The van der Waals surface area contributed by atoms with E-state index >= 15 is 0 Å². The predicted molar refractivity (Wildman–Crippen MR) is 82.6 cm³/mol. The Hall–Kier alpha value is -2.50. The first-order chi connectivity index (χ1) is 10.0. The number of hydrogen-bond donors (Lipinski definition) is 2. The molecule has 0 aliphatic carbocycles. The molecule has 2 heterocycles. The van der Waals surface area contributed by atoms with Crippen molar-refractivity contribution < 1.29 is 4.79 Å². The molecule has 0 unspecified atom stereocenters. The maximum Gasteiger partial charge on any atom is 0.277 e. The number of carbonyl (C=O) groups is 1. The van der Waals surface area contributed by atoms with Crippen LogP contribution in [0, 0.1) is 6.92 Å². The smallest absolute Gasteiger partial charge is 0.277 e. The molecule has 2 aromatic heterocycles. The zero-order valence-electron chi connectivity index (χ0n) is 12.6. The molecule has 0 saturated heterocycles. The van der Waals surface area contributed by atoms with Crippen LogP contribution in [0.1, 0.15) is 41.8 Å². The fourth-order valence-electron chi connectivity index (χ4n) is 1.82. The van der Waals surface area contributed by atoms with E-state index in [0.29, 0.717) is 23.0 Å². The average Bonchev–Trinajstić information content (AvgIpc) is 2.46. The lowest BCUT2D eigenvalue weighted by Crippen LogP contribution is -2.18. The van der Waals surface area contributed by atoms with E-state index in [2.05, 4.69) is 25.6 Å². The number of nitrogens with zero attached hydrogens (tertiary/aromatic N) is 3. The molecule has 110 valence electrons. The van der Waals surface area contributed by atoms with E-state index in [9.17, 15) is 4.79 Å². The lowest BCUT2D eigenvalue weighted by atomic mass is 10.2. The first kappa shape index (κ1) is 14.9. The van der Waals surface area contributed by atoms with Crippen LogP contribution in [-0.4, -0.2) is 27.9 Å². The second kappa shape index (κ2) is 6.30. The molecule has 0 aromatic carbocycles. The fourth-order valence-corrected chi connectivity index (χ4v) is 1.82. The number of carbonyl (C=O) groups excluding carboxylic acids is 1. The van der Waals surface area contributed by atoms with Crippen LogP contribution in [0.5, 0.6) is 0 Å². The Bertz CT molecular complexity index is 654. The van der Waals surface area contributed by atoms with Gasteiger partial charge in [-0.25, -0.2) is 15.0 Å². The minimum Gasteiger partial charge on any atom is -0.385 e. The molecule has 1 amide bonds. The summed E-state index contributed by atoms with van der Waals surface area (Å²) in [5.74, 6) is 0.990. The molecule has 2 rings (SSSR count). The molecule has 6 heteroatoms. The molecule has 2 aromatic rings. The van der Waals surface area contributed by atoms with Crippen molar-refractivity contribution in [2.45, 2.75) is 26.7 Å². The fraction of sp³-hybridized carbons (Fsp3) is 0.333. The molecule has 6 nitrogen and oxygen atoms in total. The lowest BCUT2D eigenvalue weighted by molar-refractivity contribution is 0.102. The van der Waals surface area contributed by atoms with E-state index in [0.717, 1.165) is 5.69 Å². The Morgan fingerprint density at radius 2 is 2.00 bits per heavy atom. The molecule has 0 spiro atoms. The highest BCUT2D eigenvalue weighted by Gasteiger charge is 2.16. The number of hydrogen-bond acceptors (Lipinski definition) is 5. The van der Waals surface area contributed by atoms with Gasteiger partial charge in [0.2, 0.25) is 0 Å². The van der Waals surface area contributed by atoms with Crippen molar-refractivity contribution in [1.82, 2.24) is 15.0 Å². The summed E-state index contributed by atoms with van der Waals surface area (Å²) in [6.07, 6.45) is 1.63. The van der Waals surface area contributed by atoms with E-state index in [1.807, 2.05) is 32.9 Å². The van der Waals surface area contributed by atoms with Gasteiger partial charge < -0.3 is 10.6 Å². The summed E-state index contributed by atoms with van der Waals surface area (Å²) in [5.41, 5.74) is 1.75. The van der Waals surface area contributed by atoms with Crippen molar-refractivity contribution in [1.29, 1.82) is 0 Å². The van der Waals surface area contributed by atoms with Gasteiger partial charge in [-0.2, -0.15) is 0 Å². The maximum atomic E-state index is 12.4. The molecular weight excluding hydrogens is 266 g/mol. The van der Waals surface area contributed by atoms with Crippen molar-refractivity contribution in [3.63, 3.8) is 0 Å². The summed E-state index contributed by atoms with van der Waals surface area (Å²) in [4.78, 5) is 25.2. The van der Waals surface area contributed by atoms with Crippen LogP contribution in [-0.2, 0) is 0 Å². The highest BCUT2D eigenvalue weighted by atomic mass is 16.2. The topological polar surface area (TPSA) is 79.8 Å². The molecule has 0 saturated carbocycles. The Morgan fingerprint density at radius 1 is 1.24 bits per heavy atom. The standard InChI is InChI=1S/C15H19N5O/c1-9(2)14-17-8-11(16-4)13(20-14)15(21)19-12-7-5-6-10(3)18-12/h5-9,16H,1-4H3,(H,18,19,21). The van der Waals surface area contributed by atoms with Crippen molar-refractivity contribution in [3.8, 4) is 0 Å². The van der Waals surface area contributed by atoms with Crippen molar-refractivity contribution in [2.24, 2.45) is 0 Å². The number of nitrogens with one attached hydrogen (secondary N) is 2. The Labute approximate surface area is 124 Å². The van der Waals surface area contributed by atoms with E-state index < -0.39 is 0 Å². The molecule has 0 aliphatic rings. The quantitative estimate of drug-likeness (QED) is 0.902. The first-order valence-corrected chi connectivity index (χ1v) is 6.81. The second-order valence-electron chi connectivity index (χ2n) is 5.01. The summed E-state index contributed by atoms with van der Waals surface area (Å²) in [5, 5.41) is 5.69.